The van der Waals surface area contributed by atoms with Crippen molar-refractivity contribution < 1.29 is 9.53 Å². The lowest BCUT2D eigenvalue weighted by Gasteiger charge is -2.12. The topological polar surface area (TPSA) is 62.1 Å². The van der Waals surface area contributed by atoms with Crippen LogP contribution in [0.2, 0.25) is 0 Å². The number of nitriles is 1. The quantitative estimate of drug-likeness (QED) is 0.809. The van der Waals surface area contributed by atoms with Gasteiger partial charge in [0.15, 0.2) is 0 Å². The number of benzene rings is 1. The van der Waals surface area contributed by atoms with Gasteiger partial charge in [0, 0.05) is 5.69 Å². The summed E-state index contributed by atoms with van der Waals surface area (Å²) in [6, 6.07) is 8.71. The molecule has 1 amide bonds. The average molecular weight is 244 g/mol. The maximum Gasteiger partial charge on any atom is 0.253 e. The summed E-state index contributed by atoms with van der Waals surface area (Å²) in [6.45, 7) is 4.01. The molecule has 0 saturated heterocycles. The molecule has 0 fully saturated rings. The van der Waals surface area contributed by atoms with Gasteiger partial charge in [-0.25, -0.2) is 0 Å². The van der Waals surface area contributed by atoms with Gasteiger partial charge >= 0.3 is 0 Å². The van der Waals surface area contributed by atoms with Gasteiger partial charge in [0.2, 0.25) is 0 Å². The van der Waals surface area contributed by atoms with Crippen LogP contribution in [0.1, 0.15) is 19.4 Å². The molecule has 0 aromatic heterocycles. The zero-order chi connectivity index (χ0) is 13.4. The van der Waals surface area contributed by atoms with Gasteiger partial charge in [0.25, 0.3) is 5.91 Å². The Kier molecular flexibility index (Phi) is 5.62. The molecular formula is C14H16N2O2. The molecular weight excluding hydrogens is 228 g/mol. The van der Waals surface area contributed by atoms with Crippen LogP contribution >= 0.6 is 0 Å². The summed E-state index contributed by atoms with van der Waals surface area (Å²) in [4.78, 5) is 11.7. The number of rotatable bonds is 5. The Balaban J connectivity index is 2.50. The van der Waals surface area contributed by atoms with Crippen LogP contribution in [0.15, 0.2) is 36.4 Å². The Hall–Kier alpha value is -2.12. The predicted octanol–water partition coefficient (Wildman–Crippen LogP) is 2.48. The van der Waals surface area contributed by atoms with Crippen LogP contribution in [-0.2, 0) is 9.53 Å². The lowest BCUT2D eigenvalue weighted by Crippen LogP contribution is -2.27. The highest BCUT2D eigenvalue weighted by molar-refractivity contribution is 5.93. The molecule has 94 valence electrons. The van der Waals surface area contributed by atoms with Gasteiger partial charge in [-0.3, -0.25) is 4.79 Å². The second-order valence-corrected chi connectivity index (χ2v) is 3.72. The van der Waals surface area contributed by atoms with Crippen molar-refractivity contribution in [2.45, 2.75) is 20.0 Å². The summed E-state index contributed by atoms with van der Waals surface area (Å²) in [5.41, 5.74) is 1.21. The van der Waals surface area contributed by atoms with Crippen LogP contribution in [0.25, 0.3) is 0 Å². The van der Waals surface area contributed by atoms with Crippen LogP contribution < -0.4 is 5.32 Å². The Morgan fingerprint density at radius 3 is 2.72 bits per heavy atom. The number of anilines is 1. The molecule has 4 heteroatoms. The maximum absolute atomic E-state index is 11.7. The van der Waals surface area contributed by atoms with Crippen molar-refractivity contribution in [1.29, 1.82) is 5.26 Å². The van der Waals surface area contributed by atoms with E-state index in [2.05, 4.69) is 5.32 Å². The number of carbonyl (C=O) groups excluding carboxylic acids is 1. The molecule has 4 nitrogen and oxygen atoms in total. The van der Waals surface area contributed by atoms with Crippen molar-refractivity contribution in [1.82, 2.24) is 0 Å². The first-order valence-electron chi connectivity index (χ1n) is 5.71. The smallest absolute Gasteiger partial charge is 0.253 e. The zero-order valence-corrected chi connectivity index (χ0v) is 10.5. The lowest BCUT2D eigenvalue weighted by molar-refractivity contribution is -0.125. The molecule has 1 N–H and O–H groups in total. The molecule has 1 rings (SSSR count). The first-order chi connectivity index (χ1) is 8.67. The van der Waals surface area contributed by atoms with E-state index < -0.39 is 6.10 Å². The second kappa shape index (κ2) is 7.25. The minimum absolute atomic E-state index is 0.204. The number of hydrogen-bond acceptors (Lipinski definition) is 3. The molecule has 0 saturated carbocycles. The maximum atomic E-state index is 11.7. The molecule has 0 aliphatic heterocycles. The minimum Gasteiger partial charge on any atom is -0.365 e. The number of allylic oxidation sites excluding steroid dienone is 1. The van der Waals surface area contributed by atoms with E-state index in [1.165, 1.54) is 0 Å². The summed E-state index contributed by atoms with van der Waals surface area (Å²) < 4.78 is 5.31. The number of amides is 1. The van der Waals surface area contributed by atoms with Crippen LogP contribution in [0, 0.1) is 11.3 Å². The van der Waals surface area contributed by atoms with E-state index >= 15 is 0 Å². The van der Waals surface area contributed by atoms with Crippen molar-refractivity contribution in [3.63, 3.8) is 0 Å². The number of carbonyl (C=O) groups is 1. The molecule has 18 heavy (non-hydrogen) atoms. The number of nitrogens with one attached hydrogen (secondary N) is 1. The fourth-order valence-corrected chi connectivity index (χ4v) is 1.24. The average Bonchev–Trinajstić information content (AvgIpc) is 2.39. The van der Waals surface area contributed by atoms with Crippen molar-refractivity contribution in [3.05, 3.63) is 42.0 Å². The third kappa shape index (κ3) is 4.40. The third-order valence-corrected chi connectivity index (χ3v) is 2.33. The first-order valence-corrected chi connectivity index (χ1v) is 5.71. The van der Waals surface area contributed by atoms with E-state index in [4.69, 9.17) is 10.00 Å². The van der Waals surface area contributed by atoms with Gasteiger partial charge in [-0.05, 0) is 38.1 Å². The van der Waals surface area contributed by atoms with Crippen LogP contribution in [-0.4, -0.2) is 18.6 Å². The molecule has 1 atom stereocenters. The summed E-state index contributed by atoms with van der Waals surface area (Å²) in [7, 11) is 0. The van der Waals surface area contributed by atoms with Gasteiger partial charge in [0.05, 0.1) is 18.2 Å². The SMILES string of the molecule is C/C=C/COC(C)C(=O)Nc1ccc(C#N)cc1. The van der Waals surface area contributed by atoms with Crippen molar-refractivity contribution in [2.75, 3.05) is 11.9 Å². The van der Waals surface area contributed by atoms with E-state index in [0.717, 1.165) is 0 Å². The minimum atomic E-state index is -0.517. The highest BCUT2D eigenvalue weighted by Gasteiger charge is 2.12. The van der Waals surface area contributed by atoms with Gasteiger partial charge < -0.3 is 10.1 Å². The van der Waals surface area contributed by atoms with Crippen molar-refractivity contribution in [3.8, 4) is 6.07 Å². The highest BCUT2D eigenvalue weighted by Crippen LogP contribution is 2.09. The third-order valence-electron chi connectivity index (χ3n) is 2.33. The Morgan fingerprint density at radius 1 is 1.50 bits per heavy atom. The number of hydrogen-bond donors (Lipinski definition) is 1. The highest BCUT2D eigenvalue weighted by atomic mass is 16.5. The monoisotopic (exact) mass is 244 g/mol. The summed E-state index contributed by atoms with van der Waals surface area (Å²) in [6.07, 6.45) is 3.19. The van der Waals surface area contributed by atoms with Crippen LogP contribution in [0.5, 0.6) is 0 Å². The second-order valence-electron chi connectivity index (χ2n) is 3.72. The van der Waals surface area contributed by atoms with Crippen molar-refractivity contribution in [2.24, 2.45) is 0 Å². The molecule has 0 spiro atoms. The molecule has 0 aliphatic rings. The van der Waals surface area contributed by atoms with E-state index in [-0.39, 0.29) is 5.91 Å². The molecule has 0 heterocycles. The standard InChI is InChI=1S/C14H16N2O2/c1-3-4-9-18-11(2)14(17)16-13-7-5-12(10-15)6-8-13/h3-8,11H,9H2,1-2H3,(H,16,17)/b4-3+. The number of ether oxygens (including phenoxy) is 1. The normalized spacial score (nSPS) is 12.1. The Labute approximate surface area is 107 Å². The van der Waals surface area contributed by atoms with Gasteiger partial charge in [0.1, 0.15) is 6.10 Å². The van der Waals surface area contributed by atoms with Gasteiger partial charge in [-0.1, -0.05) is 12.2 Å². The fraction of sp³-hybridized carbons (Fsp3) is 0.286. The molecule has 1 unspecified atom stereocenters. The Bertz CT molecular complexity index is 458. The largest absolute Gasteiger partial charge is 0.365 e. The molecule has 0 radical (unpaired) electrons. The first kappa shape index (κ1) is 13.9. The molecule has 1 aromatic carbocycles. The molecule has 0 bridgehead atoms. The van der Waals surface area contributed by atoms with Crippen molar-refractivity contribution >= 4 is 11.6 Å². The van der Waals surface area contributed by atoms with Gasteiger partial charge in [-0.15, -0.1) is 0 Å². The van der Waals surface area contributed by atoms with E-state index in [1.807, 2.05) is 25.1 Å². The summed E-state index contributed by atoms with van der Waals surface area (Å²) in [5, 5.41) is 11.4. The summed E-state index contributed by atoms with van der Waals surface area (Å²) in [5.74, 6) is -0.204. The van der Waals surface area contributed by atoms with E-state index in [9.17, 15) is 4.79 Å². The summed E-state index contributed by atoms with van der Waals surface area (Å²) >= 11 is 0. The zero-order valence-electron chi connectivity index (χ0n) is 10.5. The number of nitrogens with zero attached hydrogens (tertiary/aromatic N) is 1. The fourth-order valence-electron chi connectivity index (χ4n) is 1.24. The Morgan fingerprint density at radius 2 is 2.17 bits per heavy atom. The van der Waals surface area contributed by atoms with Crippen LogP contribution in [0.4, 0.5) is 5.69 Å². The van der Waals surface area contributed by atoms with E-state index in [0.29, 0.717) is 17.9 Å². The molecule has 1 aromatic rings. The van der Waals surface area contributed by atoms with E-state index in [1.54, 1.807) is 31.2 Å². The molecule has 0 aliphatic carbocycles. The lowest BCUT2D eigenvalue weighted by atomic mass is 10.2. The van der Waals surface area contributed by atoms with Crippen LogP contribution in [0.3, 0.4) is 0 Å². The predicted molar refractivity (Wildman–Crippen MR) is 70.0 cm³/mol. The van der Waals surface area contributed by atoms with Gasteiger partial charge in [-0.2, -0.15) is 5.26 Å².